The summed E-state index contributed by atoms with van der Waals surface area (Å²) in [4.78, 5) is 27.6. The second-order valence-corrected chi connectivity index (χ2v) is 5.07. The molecule has 1 aromatic heterocycles. The summed E-state index contributed by atoms with van der Waals surface area (Å²) in [6, 6.07) is 2.48. The van der Waals surface area contributed by atoms with Crippen LogP contribution in [0, 0.1) is 5.92 Å². The number of carbonyl (C=O) groups is 2. The summed E-state index contributed by atoms with van der Waals surface area (Å²) in [6.07, 6.45) is 2.01. The Morgan fingerprint density at radius 1 is 1.42 bits per heavy atom. The van der Waals surface area contributed by atoms with Gasteiger partial charge in [0.15, 0.2) is 0 Å². The van der Waals surface area contributed by atoms with Crippen LogP contribution in [0.2, 0.25) is 5.02 Å². The van der Waals surface area contributed by atoms with Crippen molar-refractivity contribution in [2.24, 2.45) is 5.92 Å². The number of halogens is 1. The summed E-state index contributed by atoms with van der Waals surface area (Å²) < 4.78 is 0. The number of carbonyl (C=O) groups excluding carboxylic acids is 2. The van der Waals surface area contributed by atoms with Crippen molar-refractivity contribution in [2.45, 2.75) is 26.3 Å². The topological polar surface area (TPSA) is 71.1 Å². The third kappa shape index (κ3) is 4.87. The molecule has 1 heterocycles. The Labute approximate surface area is 117 Å². The normalized spacial score (nSPS) is 12.1. The van der Waals surface area contributed by atoms with E-state index in [9.17, 15) is 9.59 Å². The van der Waals surface area contributed by atoms with E-state index in [1.165, 1.54) is 12.3 Å². The Hall–Kier alpha value is -1.62. The van der Waals surface area contributed by atoms with Crippen molar-refractivity contribution in [3.63, 3.8) is 0 Å². The number of hydrogen-bond donors (Lipinski definition) is 2. The average Bonchev–Trinajstić information content (AvgIpc) is 2.36. The Morgan fingerprint density at radius 2 is 2.11 bits per heavy atom. The Bertz CT molecular complexity index is 463. The lowest BCUT2D eigenvalue weighted by atomic mass is 10.0. The third-order valence-corrected chi connectivity index (χ3v) is 2.77. The van der Waals surface area contributed by atoms with Crippen LogP contribution in [-0.4, -0.2) is 29.9 Å². The minimum Gasteiger partial charge on any atom is -0.357 e. The van der Waals surface area contributed by atoms with Gasteiger partial charge < -0.3 is 10.6 Å². The molecule has 0 radical (unpaired) electrons. The molecule has 0 spiro atoms. The summed E-state index contributed by atoms with van der Waals surface area (Å²) in [7, 11) is 1.54. The summed E-state index contributed by atoms with van der Waals surface area (Å²) >= 11 is 5.80. The summed E-state index contributed by atoms with van der Waals surface area (Å²) in [5.74, 6) is -0.337. The van der Waals surface area contributed by atoms with Crippen LogP contribution in [0.3, 0.4) is 0 Å². The first-order valence-electron chi connectivity index (χ1n) is 6.08. The molecule has 0 saturated heterocycles. The first-order chi connectivity index (χ1) is 8.93. The molecule has 19 heavy (non-hydrogen) atoms. The molecule has 104 valence electrons. The number of aromatic nitrogens is 1. The third-order valence-electron chi connectivity index (χ3n) is 2.53. The molecule has 0 fully saturated rings. The summed E-state index contributed by atoms with van der Waals surface area (Å²) in [5.41, 5.74) is 0.199. The van der Waals surface area contributed by atoms with E-state index in [0.29, 0.717) is 11.4 Å². The number of pyridine rings is 1. The predicted octanol–water partition coefficient (Wildman–Crippen LogP) is 1.63. The second-order valence-electron chi connectivity index (χ2n) is 4.63. The lowest BCUT2D eigenvalue weighted by molar-refractivity contribution is -0.122. The summed E-state index contributed by atoms with van der Waals surface area (Å²) in [5, 5.41) is 5.64. The molecule has 5 nitrogen and oxygen atoms in total. The van der Waals surface area contributed by atoms with Gasteiger partial charge in [0.2, 0.25) is 5.91 Å². The molecular formula is C13H18ClN3O2. The number of hydrogen-bond acceptors (Lipinski definition) is 3. The molecular weight excluding hydrogens is 266 g/mol. The number of amides is 2. The van der Waals surface area contributed by atoms with Gasteiger partial charge in [0.1, 0.15) is 11.7 Å². The number of likely N-dealkylation sites (N-methyl/N-ethyl adjacent to an activating group) is 1. The van der Waals surface area contributed by atoms with Crippen molar-refractivity contribution in [1.82, 2.24) is 15.6 Å². The Morgan fingerprint density at radius 3 is 2.63 bits per heavy atom. The van der Waals surface area contributed by atoms with E-state index in [1.54, 1.807) is 13.1 Å². The lowest BCUT2D eigenvalue weighted by Crippen LogP contribution is -2.46. The standard InChI is InChI=1S/C13H18ClN3O2/c1-8(2)6-11(12(18)15-3)17-13(19)10-7-9(14)4-5-16-10/h4-5,7-8,11H,6H2,1-3H3,(H,15,18)(H,17,19). The van der Waals surface area contributed by atoms with Gasteiger partial charge in [0, 0.05) is 18.3 Å². The fourth-order valence-corrected chi connectivity index (χ4v) is 1.80. The lowest BCUT2D eigenvalue weighted by Gasteiger charge is -2.18. The van der Waals surface area contributed by atoms with Gasteiger partial charge in [0.25, 0.3) is 5.91 Å². The highest BCUT2D eigenvalue weighted by Crippen LogP contribution is 2.09. The van der Waals surface area contributed by atoms with Crippen LogP contribution in [0.15, 0.2) is 18.3 Å². The Kier molecular flexibility index (Phi) is 5.76. The zero-order chi connectivity index (χ0) is 14.4. The maximum atomic E-state index is 12.0. The quantitative estimate of drug-likeness (QED) is 0.863. The van der Waals surface area contributed by atoms with Crippen LogP contribution in [-0.2, 0) is 4.79 Å². The van der Waals surface area contributed by atoms with Gasteiger partial charge in [-0.1, -0.05) is 25.4 Å². The molecule has 6 heteroatoms. The predicted molar refractivity (Wildman–Crippen MR) is 74.0 cm³/mol. The van der Waals surface area contributed by atoms with Crippen LogP contribution in [0.1, 0.15) is 30.8 Å². The highest BCUT2D eigenvalue weighted by Gasteiger charge is 2.22. The SMILES string of the molecule is CNC(=O)C(CC(C)C)NC(=O)c1cc(Cl)ccn1. The number of nitrogens with one attached hydrogen (secondary N) is 2. The van der Waals surface area contributed by atoms with Gasteiger partial charge >= 0.3 is 0 Å². The zero-order valence-corrected chi connectivity index (χ0v) is 12.0. The van der Waals surface area contributed by atoms with Crippen molar-refractivity contribution < 1.29 is 9.59 Å². The molecule has 0 aromatic carbocycles. The minimum atomic E-state index is -0.571. The molecule has 1 unspecified atom stereocenters. The number of nitrogens with zero attached hydrogens (tertiary/aromatic N) is 1. The average molecular weight is 284 g/mol. The minimum absolute atomic E-state index is 0.199. The Balaban J connectivity index is 2.78. The molecule has 0 aliphatic heterocycles. The van der Waals surface area contributed by atoms with Crippen molar-refractivity contribution in [1.29, 1.82) is 0 Å². The fraction of sp³-hybridized carbons (Fsp3) is 0.462. The second kappa shape index (κ2) is 7.09. The van der Waals surface area contributed by atoms with Gasteiger partial charge in [-0.25, -0.2) is 0 Å². The first kappa shape index (κ1) is 15.4. The van der Waals surface area contributed by atoms with E-state index in [-0.39, 0.29) is 17.5 Å². The van der Waals surface area contributed by atoms with E-state index < -0.39 is 11.9 Å². The number of rotatable bonds is 5. The van der Waals surface area contributed by atoms with Crippen LogP contribution in [0.4, 0.5) is 0 Å². The summed E-state index contributed by atoms with van der Waals surface area (Å²) in [6.45, 7) is 3.97. The molecule has 0 aliphatic carbocycles. The van der Waals surface area contributed by atoms with Crippen molar-refractivity contribution >= 4 is 23.4 Å². The first-order valence-corrected chi connectivity index (χ1v) is 6.45. The van der Waals surface area contributed by atoms with Crippen LogP contribution in [0.5, 0.6) is 0 Å². The monoisotopic (exact) mass is 283 g/mol. The van der Waals surface area contributed by atoms with E-state index >= 15 is 0 Å². The highest BCUT2D eigenvalue weighted by molar-refractivity contribution is 6.30. The molecule has 1 atom stereocenters. The van der Waals surface area contributed by atoms with E-state index in [2.05, 4.69) is 15.6 Å². The smallest absolute Gasteiger partial charge is 0.270 e. The molecule has 1 rings (SSSR count). The maximum Gasteiger partial charge on any atom is 0.270 e. The highest BCUT2D eigenvalue weighted by atomic mass is 35.5. The largest absolute Gasteiger partial charge is 0.357 e. The van der Waals surface area contributed by atoms with Gasteiger partial charge in [-0.2, -0.15) is 0 Å². The molecule has 0 saturated carbocycles. The van der Waals surface area contributed by atoms with Gasteiger partial charge in [-0.3, -0.25) is 14.6 Å². The molecule has 1 aromatic rings. The van der Waals surface area contributed by atoms with Crippen LogP contribution >= 0.6 is 11.6 Å². The molecule has 2 amide bonds. The fourth-order valence-electron chi connectivity index (χ4n) is 1.64. The zero-order valence-electron chi connectivity index (χ0n) is 11.2. The maximum absolute atomic E-state index is 12.0. The van der Waals surface area contributed by atoms with Gasteiger partial charge in [-0.15, -0.1) is 0 Å². The molecule has 0 bridgehead atoms. The van der Waals surface area contributed by atoms with Gasteiger partial charge in [0.05, 0.1) is 0 Å². The van der Waals surface area contributed by atoms with Crippen molar-refractivity contribution in [2.75, 3.05) is 7.05 Å². The molecule has 0 aliphatic rings. The van der Waals surface area contributed by atoms with Crippen LogP contribution in [0.25, 0.3) is 0 Å². The van der Waals surface area contributed by atoms with E-state index in [1.807, 2.05) is 13.8 Å². The van der Waals surface area contributed by atoms with Crippen LogP contribution < -0.4 is 10.6 Å². The molecule has 2 N–H and O–H groups in total. The van der Waals surface area contributed by atoms with Crippen molar-refractivity contribution in [3.8, 4) is 0 Å². The van der Waals surface area contributed by atoms with E-state index in [0.717, 1.165) is 0 Å². The van der Waals surface area contributed by atoms with Gasteiger partial charge in [-0.05, 0) is 24.5 Å². The van der Waals surface area contributed by atoms with E-state index in [4.69, 9.17) is 11.6 Å². The van der Waals surface area contributed by atoms with Crippen molar-refractivity contribution in [3.05, 3.63) is 29.0 Å².